The van der Waals surface area contributed by atoms with Gasteiger partial charge in [0, 0.05) is 17.4 Å². The summed E-state index contributed by atoms with van der Waals surface area (Å²) < 4.78 is 12.4. The zero-order chi connectivity index (χ0) is 13.1. The molecule has 1 aromatic rings. The van der Waals surface area contributed by atoms with Gasteiger partial charge < -0.3 is 14.8 Å². The van der Waals surface area contributed by atoms with Crippen molar-refractivity contribution in [3.8, 4) is 5.75 Å². The predicted molar refractivity (Wildman–Crippen MR) is 74.7 cm³/mol. The summed E-state index contributed by atoms with van der Waals surface area (Å²) in [5.41, 5.74) is 0. The van der Waals surface area contributed by atoms with Crippen molar-refractivity contribution >= 4 is 37.8 Å². The van der Waals surface area contributed by atoms with Crippen LogP contribution in [0.25, 0.3) is 0 Å². The van der Waals surface area contributed by atoms with Crippen LogP contribution in [-0.2, 0) is 9.53 Å². The van der Waals surface area contributed by atoms with Gasteiger partial charge in [0.2, 0.25) is 0 Å². The standard InChI is InChI=1S/C12H13Br2NO3/c1-17-12(16)10-5-8(6-15-10)18-11-3-2-7(13)4-9(11)14/h2-4,8,10,15H,5-6H2,1H3/t8-,10-/m0/s1. The molecular formula is C12H13Br2NO3. The second kappa shape index (κ2) is 6.04. The first-order chi connectivity index (χ1) is 8.60. The molecule has 0 aliphatic carbocycles. The summed E-state index contributed by atoms with van der Waals surface area (Å²) in [7, 11) is 1.39. The van der Waals surface area contributed by atoms with E-state index < -0.39 is 0 Å². The molecule has 2 rings (SSSR count). The number of hydrogen-bond acceptors (Lipinski definition) is 4. The van der Waals surface area contributed by atoms with Gasteiger partial charge in [0.25, 0.3) is 0 Å². The first-order valence-corrected chi connectivity index (χ1v) is 7.11. The molecule has 4 nitrogen and oxygen atoms in total. The minimum absolute atomic E-state index is 0.0217. The number of carbonyl (C=O) groups is 1. The highest BCUT2D eigenvalue weighted by Crippen LogP contribution is 2.30. The van der Waals surface area contributed by atoms with Gasteiger partial charge in [-0.2, -0.15) is 0 Å². The van der Waals surface area contributed by atoms with E-state index in [1.54, 1.807) is 0 Å². The van der Waals surface area contributed by atoms with Crippen molar-refractivity contribution in [3.63, 3.8) is 0 Å². The molecule has 0 unspecified atom stereocenters. The second-order valence-electron chi connectivity index (χ2n) is 4.03. The van der Waals surface area contributed by atoms with Crippen LogP contribution in [0, 0.1) is 0 Å². The number of esters is 1. The molecule has 0 radical (unpaired) electrons. The van der Waals surface area contributed by atoms with Gasteiger partial charge in [0.1, 0.15) is 17.9 Å². The topological polar surface area (TPSA) is 47.6 Å². The Hall–Kier alpha value is -0.590. The van der Waals surface area contributed by atoms with E-state index in [-0.39, 0.29) is 18.1 Å². The highest BCUT2D eigenvalue weighted by molar-refractivity contribution is 9.11. The van der Waals surface area contributed by atoms with Gasteiger partial charge in [0.15, 0.2) is 0 Å². The maximum atomic E-state index is 11.4. The maximum absolute atomic E-state index is 11.4. The predicted octanol–water partition coefficient (Wildman–Crippen LogP) is 2.49. The molecular weight excluding hydrogens is 366 g/mol. The van der Waals surface area contributed by atoms with E-state index in [0.29, 0.717) is 13.0 Å². The Bertz CT molecular complexity index is 453. The van der Waals surface area contributed by atoms with Gasteiger partial charge in [0.05, 0.1) is 11.6 Å². The van der Waals surface area contributed by atoms with Gasteiger partial charge >= 0.3 is 5.97 Å². The van der Waals surface area contributed by atoms with Crippen LogP contribution in [0.2, 0.25) is 0 Å². The lowest BCUT2D eigenvalue weighted by Gasteiger charge is -2.14. The molecule has 1 saturated heterocycles. The quantitative estimate of drug-likeness (QED) is 0.821. The van der Waals surface area contributed by atoms with Gasteiger partial charge in [-0.15, -0.1) is 0 Å². The van der Waals surface area contributed by atoms with Crippen molar-refractivity contribution in [2.24, 2.45) is 0 Å². The lowest BCUT2D eigenvalue weighted by Crippen LogP contribution is -2.31. The Morgan fingerprint density at radius 1 is 1.44 bits per heavy atom. The SMILES string of the molecule is COC(=O)[C@@H]1C[C@H](Oc2ccc(Br)cc2Br)CN1. The first kappa shape index (κ1) is 13.8. The maximum Gasteiger partial charge on any atom is 0.323 e. The summed E-state index contributed by atoms with van der Waals surface area (Å²) in [5, 5.41) is 3.08. The highest BCUT2D eigenvalue weighted by Gasteiger charge is 2.31. The molecule has 0 aromatic heterocycles. The van der Waals surface area contributed by atoms with Crippen molar-refractivity contribution in [3.05, 3.63) is 27.1 Å². The number of benzene rings is 1. The zero-order valence-corrected chi connectivity index (χ0v) is 13.0. The number of hydrogen-bond donors (Lipinski definition) is 1. The molecule has 98 valence electrons. The Balaban J connectivity index is 1.97. The average Bonchev–Trinajstić information content (AvgIpc) is 2.80. The molecule has 1 aliphatic heterocycles. The molecule has 0 bridgehead atoms. The fraction of sp³-hybridized carbons (Fsp3) is 0.417. The third-order valence-corrected chi connectivity index (χ3v) is 3.88. The van der Waals surface area contributed by atoms with Crippen molar-refractivity contribution in [2.45, 2.75) is 18.6 Å². The molecule has 2 atom stereocenters. The van der Waals surface area contributed by atoms with Crippen molar-refractivity contribution in [2.75, 3.05) is 13.7 Å². The third-order valence-electron chi connectivity index (χ3n) is 2.76. The van der Waals surface area contributed by atoms with Crippen molar-refractivity contribution in [1.29, 1.82) is 0 Å². The molecule has 1 heterocycles. The number of methoxy groups -OCH3 is 1. The second-order valence-corrected chi connectivity index (χ2v) is 5.80. The number of nitrogens with one attached hydrogen (secondary N) is 1. The summed E-state index contributed by atoms with van der Waals surface area (Å²) in [6.45, 7) is 0.641. The van der Waals surface area contributed by atoms with Crippen LogP contribution >= 0.6 is 31.9 Å². The molecule has 0 amide bonds. The van der Waals surface area contributed by atoms with E-state index >= 15 is 0 Å². The smallest absolute Gasteiger partial charge is 0.323 e. The molecule has 0 spiro atoms. The van der Waals surface area contributed by atoms with Crippen LogP contribution in [0.1, 0.15) is 6.42 Å². The normalized spacial score (nSPS) is 22.8. The largest absolute Gasteiger partial charge is 0.488 e. The Labute approximate surface area is 122 Å². The Morgan fingerprint density at radius 3 is 2.89 bits per heavy atom. The molecule has 0 saturated carbocycles. The number of halogens is 2. The van der Waals surface area contributed by atoms with Gasteiger partial charge in [-0.05, 0) is 34.1 Å². The van der Waals surface area contributed by atoms with Gasteiger partial charge in [-0.3, -0.25) is 4.79 Å². The van der Waals surface area contributed by atoms with E-state index in [1.165, 1.54) is 7.11 Å². The number of ether oxygens (including phenoxy) is 2. The lowest BCUT2D eigenvalue weighted by atomic mass is 10.2. The molecule has 1 fully saturated rings. The third kappa shape index (κ3) is 3.24. The minimum Gasteiger partial charge on any atom is -0.488 e. The summed E-state index contributed by atoms with van der Waals surface area (Å²) in [6.07, 6.45) is 0.599. The Kier molecular flexibility index (Phi) is 4.64. The first-order valence-electron chi connectivity index (χ1n) is 5.53. The van der Waals surface area contributed by atoms with Crippen LogP contribution in [-0.4, -0.2) is 31.8 Å². The summed E-state index contributed by atoms with van der Waals surface area (Å²) in [6, 6.07) is 5.46. The Morgan fingerprint density at radius 2 is 2.22 bits per heavy atom. The van der Waals surface area contributed by atoms with Crippen molar-refractivity contribution < 1.29 is 14.3 Å². The fourth-order valence-electron chi connectivity index (χ4n) is 1.87. The van der Waals surface area contributed by atoms with Crippen LogP contribution in [0.3, 0.4) is 0 Å². The average molecular weight is 379 g/mol. The molecule has 18 heavy (non-hydrogen) atoms. The summed E-state index contributed by atoms with van der Waals surface area (Å²) >= 11 is 6.83. The van der Waals surface area contributed by atoms with E-state index in [9.17, 15) is 4.79 Å². The molecule has 1 aromatic carbocycles. The van der Waals surface area contributed by atoms with Crippen LogP contribution in [0.4, 0.5) is 0 Å². The summed E-state index contributed by atoms with van der Waals surface area (Å²) in [5.74, 6) is 0.534. The molecule has 1 N–H and O–H groups in total. The van der Waals surface area contributed by atoms with E-state index in [0.717, 1.165) is 14.7 Å². The van der Waals surface area contributed by atoms with Crippen LogP contribution in [0.15, 0.2) is 27.1 Å². The van der Waals surface area contributed by atoms with E-state index in [4.69, 9.17) is 9.47 Å². The van der Waals surface area contributed by atoms with E-state index in [2.05, 4.69) is 37.2 Å². The number of rotatable bonds is 3. The van der Waals surface area contributed by atoms with E-state index in [1.807, 2.05) is 18.2 Å². The zero-order valence-electron chi connectivity index (χ0n) is 9.78. The number of carbonyl (C=O) groups excluding carboxylic acids is 1. The van der Waals surface area contributed by atoms with Crippen LogP contribution in [0.5, 0.6) is 5.75 Å². The fourth-order valence-corrected chi connectivity index (χ4v) is 3.01. The monoisotopic (exact) mass is 377 g/mol. The van der Waals surface area contributed by atoms with Gasteiger partial charge in [-0.1, -0.05) is 15.9 Å². The molecule has 6 heteroatoms. The van der Waals surface area contributed by atoms with Crippen LogP contribution < -0.4 is 10.1 Å². The summed E-state index contributed by atoms with van der Waals surface area (Å²) in [4.78, 5) is 11.4. The van der Waals surface area contributed by atoms with Gasteiger partial charge in [-0.25, -0.2) is 0 Å². The highest BCUT2D eigenvalue weighted by atomic mass is 79.9. The molecule has 1 aliphatic rings. The minimum atomic E-state index is -0.269. The lowest BCUT2D eigenvalue weighted by molar-refractivity contribution is -0.142. The van der Waals surface area contributed by atoms with Crippen molar-refractivity contribution in [1.82, 2.24) is 5.32 Å².